The molecule has 0 radical (unpaired) electrons. The van der Waals surface area contributed by atoms with Crippen molar-refractivity contribution in [3.8, 4) is 0 Å². The fourth-order valence-electron chi connectivity index (χ4n) is 2.98. The maximum absolute atomic E-state index is 12.0. The van der Waals surface area contributed by atoms with Crippen molar-refractivity contribution in [2.24, 2.45) is 11.8 Å². The van der Waals surface area contributed by atoms with E-state index >= 15 is 0 Å². The van der Waals surface area contributed by atoms with Crippen LogP contribution >= 0.6 is 0 Å². The summed E-state index contributed by atoms with van der Waals surface area (Å²) < 4.78 is 0. The molecule has 0 heterocycles. The van der Waals surface area contributed by atoms with Crippen LogP contribution in [0.3, 0.4) is 0 Å². The molecule has 1 saturated carbocycles. The number of benzene rings is 1. The lowest BCUT2D eigenvalue weighted by Gasteiger charge is -2.14. The summed E-state index contributed by atoms with van der Waals surface area (Å²) in [7, 11) is 0. The van der Waals surface area contributed by atoms with Crippen LogP contribution in [0.2, 0.25) is 0 Å². The van der Waals surface area contributed by atoms with E-state index in [9.17, 15) is 4.79 Å². The van der Waals surface area contributed by atoms with Crippen molar-refractivity contribution >= 4 is 5.91 Å². The van der Waals surface area contributed by atoms with Gasteiger partial charge < -0.3 is 5.32 Å². The molecule has 0 unspecified atom stereocenters. The third-order valence-electron chi connectivity index (χ3n) is 4.23. The highest BCUT2D eigenvalue weighted by Crippen LogP contribution is 2.31. The zero-order valence-electron chi connectivity index (χ0n) is 11.9. The van der Waals surface area contributed by atoms with Gasteiger partial charge in [0.15, 0.2) is 0 Å². The van der Waals surface area contributed by atoms with Crippen LogP contribution in [0, 0.1) is 11.8 Å². The minimum absolute atomic E-state index is 0.272. The number of hydrogen-bond acceptors (Lipinski definition) is 1. The van der Waals surface area contributed by atoms with Crippen molar-refractivity contribution in [2.75, 3.05) is 6.54 Å². The molecule has 2 rings (SSSR count). The van der Waals surface area contributed by atoms with Crippen LogP contribution in [0.1, 0.15) is 44.6 Å². The first-order valence-electron chi connectivity index (χ1n) is 7.59. The summed E-state index contributed by atoms with van der Waals surface area (Å²) in [5.41, 5.74) is 1.39. The number of amides is 1. The van der Waals surface area contributed by atoms with Crippen molar-refractivity contribution in [2.45, 2.75) is 45.4 Å². The molecule has 0 aromatic heterocycles. The molecule has 0 spiro atoms. The average molecular weight is 259 g/mol. The maximum atomic E-state index is 12.0. The van der Waals surface area contributed by atoms with Crippen molar-refractivity contribution < 1.29 is 4.79 Å². The predicted octanol–water partition coefficient (Wildman–Crippen LogP) is 3.56. The van der Waals surface area contributed by atoms with E-state index in [0.717, 1.165) is 32.2 Å². The number of rotatable bonds is 6. The Hall–Kier alpha value is -1.31. The van der Waals surface area contributed by atoms with Gasteiger partial charge in [0.2, 0.25) is 5.91 Å². The van der Waals surface area contributed by atoms with Gasteiger partial charge >= 0.3 is 0 Å². The molecule has 2 heteroatoms. The maximum Gasteiger partial charge on any atom is 0.223 e. The van der Waals surface area contributed by atoms with Gasteiger partial charge in [-0.25, -0.2) is 0 Å². The van der Waals surface area contributed by atoms with Crippen LogP contribution in [-0.4, -0.2) is 12.5 Å². The second-order valence-corrected chi connectivity index (χ2v) is 5.75. The molecule has 0 bridgehead atoms. The molecule has 0 aliphatic heterocycles. The van der Waals surface area contributed by atoms with Gasteiger partial charge in [-0.1, -0.05) is 43.7 Å². The summed E-state index contributed by atoms with van der Waals surface area (Å²) in [4.78, 5) is 12.0. The first kappa shape index (κ1) is 14.1. The van der Waals surface area contributed by atoms with Crippen molar-refractivity contribution in [3.05, 3.63) is 35.9 Å². The highest BCUT2D eigenvalue weighted by molar-refractivity contribution is 5.79. The summed E-state index contributed by atoms with van der Waals surface area (Å²) in [6, 6.07) is 10.5. The minimum atomic E-state index is 0.272. The Balaban J connectivity index is 1.58. The van der Waals surface area contributed by atoms with Crippen molar-refractivity contribution in [1.29, 1.82) is 0 Å². The van der Waals surface area contributed by atoms with Crippen LogP contribution in [0.25, 0.3) is 0 Å². The van der Waals surface area contributed by atoms with Crippen LogP contribution < -0.4 is 5.32 Å². The van der Waals surface area contributed by atoms with Gasteiger partial charge in [-0.15, -0.1) is 0 Å². The number of unbranched alkanes of at least 4 members (excludes halogenated alkanes) is 1. The highest BCUT2D eigenvalue weighted by Gasteiger charge is 2.29. The van der Waals surface area contributed by atoms with E-state index in [1.807, 2.05) is 6.07 Å². The predicted molar refractivity (Wildman–Crippen MR) is 78.9 cm³/mol. The molecule has 1 aliphatic rings. The summed E-state index contributed by atoms with van der Waals surface area (Å²) in [6.07, 6.45) is 6.83. The first-order valence-corrected chi connectivity index (χ1v) is 7.59. The van der Waals surface area contributed by atoms with Crippen LogP contribution in [0.15, 0.2) is 30.3 Å². The minimum Gasteiger partial charge on any atom is -0.356 e. The Labute approximate surface area is 116 Å². The van der Waals surface area contributed by atoms with Crippen LogP contribution in [0.5, 0.6) is 0 Å². The Morgan fingerprint density at radius 3 is 2.68 bits per heavy atom. The number of hydrogen-bond donors (Lipinski definition) is 1. The molecule has 2 atom stereocenters. The summed E-state index contributed by atoms with van der Waals surface area (Å²) in [6.45, 7) is 3.03. The van der Waals surface area contributed by atoms with E-state index in [1.165, 1.54) is 18.4 Å². The van der Waals surface area contributed by atoms with E-state index in [4.69, 9.17) is 0 Å². The fourth-order valence-corrected chi connectivity index (χ4v) is 2.98. The molecule has 1 aromatic carbocycles. The van der Waals surface area contributed by atoms with E-state index in [2.05, 4.69) is 36.5 Å². The fraction of sp³-hybridized carbons (Fsp3) is 0.588. The molecular weight excluding hydrogens is 234 g/mol. The molecular formula is C17H25NO. The quantitative estimate of drug-likeness (QED) is 0.778. The normalized spacial score (nSPS) is 22.4. The molecule has 1 fully saturated rings. The molecule has 19 heavy (non-hydrogen) atoms. The zero-order chi connectivity index (χ0) is 13.5. The molecule has 1 aliphatic carbocycles. The van der Waals surface area contributed by atoms with Gasteiger partial charge in [-0.2, -0.15) is 0 Å². The van der Waals surface area contributed by atoms with E-state index < -0.39 is 0 Å². The third-order valence-corrected chi connectivity index (χ3v) is 4.23. The smallest absolute Gasteiger partial charge is 0.223 e. The van der Waals surface area contributed by atoms with Gasteiger partial charge in [0.05, 0.1) is 0 Å². The topological polar surface area (TPSA) is 29.1 Å². The van der Waals surface area contributed by atoms with E-state index in [1.54, 1.807) is 0 Å². The summed E-state index contributed by atoms with van der Waals surface area (Å²) in [5.74, 6) is 1.13. The highest BCUT2D eigenvalue weighted by atomic mass is 16.1. The van der Waals surface area contributed by atoms with Gasteiger partial charge in [-0.3, -0.25) is 4.79 Å². The largest absolute Gasteiger partial charge is 0.356 e. The van der Waals surface area contributed by atoms with Gasteiger partial charge in [-0.05, 0) is 43.6 Å². The number of aryl methyl sites for hydroxylation is 1. The van der Waals surface area contributed by atoms with E-state index in [0.29, 0.717) is 5.92 Å². The second-order valence-electron chi connectivity index (χ2n) is 5.75. The summed E-state index contributed by atoms with van der Waals surface area (Å²) in [5, 5.41) is 3.10. The van der Waals surface area contributed by atoms with Gasteiger partial charge in [0.1, 0.15) is 0 Å². The molecule has 1 aromatic rings. The van der Waals surface area contributed by atoms with Crippen molar-refractivity contribution in [1.82, 2.24) is 5.32 Å². The SMILES string of the molecule is C[C@H]1CCC[C@H]1C(=O)NCCCCc1ccccc1. The average Bonchev–Trinajstić information content (AvgIpc) is 2.86. The monoisotopic (exact) mass is 259 g/mol. The first-order chi connectivity index (χ1) is 9.27. The Morgan fingerprint density at radius 1 is 1.21 bits per heavy atom. The van der Waals surface area contributed by atoms with Gasteiger partial charge in [0.25, 0.3) is 0 Å². The standard InChI is InChI=1S/C17H25NO/c1-14-8-7-12-16(14)17(19)18-13-6-5-11-15-9-3-2-4-10-15/h2-4,9-10,14,16H,5-8,11-13H2,1H3,(H,18,19)/t14-,16+/m0/s1. The third kappa shape index (κ3) is 4.38. The Bertz CT molecular complexity index is 388. The lowest BCUT2D eigenvalue weighted by molar-refractivity contribution is -0.125. The lowest BCUT2D eigenvalue weighted by atomic mass is 9.97. The molecule has 2 nitrogen and oxygen atoms in total. The molecule has 0 saturated heterocycles. The molecule has 104 valence electrons. The van der Waals surface area contributed by atoms with Gasteiger partial charge in [0, 0.05) is 12.5 Å². The number of carbonyl (C=O) groups excluding carboxylic acids is 1. The number of nitrogens with one attached hydrogen (secondary N) is 1. The van der Waals surface area contributed by atoms with Crippen LogP contribution in [0.4, 0.5) is 0 Å². The Morgan fingerprint density at radius 2 is 2.00 bits per heavy atom. The lowest BCUT2D eigenvalue weighted by Crippen LogP contribution is -2.32. The number of carbonyl (C=O) groups is 1. The second kappa shape index (κ2) is 7.32. The zero-order valence-corrected chi connectivity index (χ0v) is 11.9. The Kier molecular flexibility index (Phi) is 5.44. The van der Waals surface area contributed by atoms with Crippen molar-refractivity contribution in [3.63, 3.8) is 0 Å². The summed E-state index contributed by atoms with van der Waals surface area (Å²) >= 11 is 0. The van der Waals surface area contributed by atoms with E-state index in [-0.39, 0.29) is 11.8 Å². The molecule has 1 N–H and O–H groups in total. The molecule has 1 amide bonds. The van der Waals surface area contributed by atoms with Crippen LogP contribution in [-0.2, 0) is 11.2 Å².